The first-order valence-corrected chi connectivity index (χ1v) is 14.5. The van der Waals surface area contributed by atoms with Gasteiger partial charge >= 0.3 is 42.0 Å². The van der Waals surface area contributed by atoms with E-state index in [2.05, 4.69) is 28.4 Å². The second-order valence-electron chi connectivity index (χ2n) is 9.53. The van der Waals surface area contributed by atoms with Gasteiger partial charge in [0.05, 0.1) is 39.5 Å². The monoisotopic (exact) mass is 718 g/mol. The van der Waals surface area contributed by atoms with E-state index in [0.717, 1.165) is 0 Å². The minimum atomic E-state index is -1.35. The third kappa shape index (κ3) is 36.3. The number of carboxylic acids is 2. The lowest BCUT2D eigenvalue weighted by molar-refractivity contribution is -0.177. The van der Waals surface area contributed by atoms with Crippen molar-refractivity contribution in [2.24, 2.45) is 5.92 Å². The molecule has 0 fully saturated rings. The summed E-state index contributed by atoms with van der Waals surface area (Å²) >= 11 is 0. The van der Waals surface area contributed by atoms with E-state index in [1.54, 1.807) is 21.0 Å². The zero-order valence-corrected chi connectivity index (χ0v) is 29.2. The van der Waals surface area contributed by atoms with Crippen LogP contribution in [-0.4, -0.2) is 146 Å². The topological polar surface area (TPSA) is 291 Å². The van der Waals surface area contributed by atoms with Crippen LogP contribution in [0.3, 0.4) is 0 Å². The Bertz CT molecular complexity index is 992. The lowest BCUT2D eigenvalue weighted by Gasteiger charge is -2.15. The number of ketones is 1. The fourth-order valence-electron chi connectivity index (χ4n) is 1.90. The first-order chi connectivity index (χ1) is 22.7. The summed E-state index contributed by atoms with van der Waals surface area (Å²) in [5, 5.41) is 33.5. The fourth-order valence-corrected chi connectivity index (χ4v) is 1.90. The van der Waals surface area contributed by atoms with Crippen molar-refractivity contribution >= 4 is 47.8 Å². The molecule has 0 saturated carbocycles. The number of methoxy groups -OCH3 is 2. The number of aliphatic carboxylic acids is 2. The first kappa shape index (κ1) is 51.4. The van der Waals surface area contributed by atoms with Crippen LogP contribution in [0.25, 0.3) is 0 Å². The number of carbonyl (C=O) groups is 8. The number of ether oxygens (including phenoxy) is 8. The summed E-state index contributed by atoms with van der Waals surface area (Å²) in [5.41, 5.74) is 0. The van der Waals surface area contributed by atoms with E-state index >= 15 is 0 Å². The number of hydrogen-bond acceptors (Lipinski definition) is 18. The van der Waals surface area contributed by atoms with Crippen molar-refractivity contribution in [3.8, 4) is 0 Å². The quantitative estimate of drug-likeness (QED) is 0.0817. The second kappa shape index (κ2) is 32.2. The van der Waals surface area contributed by atoms with Crippen LogP contribution in [0.1, 0.15) is 54.9 Å². The summed E-state index contributed by atoms with van der Waals surface area (Å²) in [6.07, 6.45) is -5.37. The van der Waals surface area contributed by atoms with Crippen LogP contribution < -0.4 is 0 Å². The van der Waals surface area contributed by atoms with Gasteiger partial charge in [-0.25, -0.2) is 28.8 Å². The van der Waals surface area contributed by atoms with Gasteiger partial charge in [-0.1, -0.05) is 13.8 Å². The number of rotatable bonds is 18. The summed E-state index contributed by atoms with van der Waals surface area (Å²) in [7, 11) is 2.83. The zero-order valence-electron chi connectivity index (χ0n) is 29.2. The molecular formula is C29H50O20. The number of aliphatic hydroxyl groups excluding tert-OH is 2. The molecule has 0 heterocycles. The predicted molar refractivity (Wildman–Crippen MR) is 163 cm³/mol. The van der Waals surface area contributed by atoms with Gasteiger partial charge in [-0.05, 0) is 34.6 Å². The Morgan fingerprint density at radius 2 is 1.12 bits per heavy atom. The van der Waals surface area contributed by atoms with Crippen molar-refractivity contribution in [1.82, 2.24) is 0 Å². The van der Waals surface area contributed by atoms with Crippen molar-refractivity contribution in [3.05, 3.63) is 0 Å². The van der Waals surface area contributed by atoms with Gasteiger partial charge in [-0.2, -0.15) is 0 Å². The molecule has 286 valence electrons. The van der Waals surface area contributed by atoms with E-state index in [1.165, 1.54) is 41.7 Å². The smallest absolute Gasteiger partial charge is 0.479 e. The summed E-state index contributed by atoms with van der Waals surface area (Å²) in [4.78, 5) is 84.2. The van der Waals surface area contributed by atoms with Gasteiger partial charge < -0.3 is 58.3 Å². The van der Waals surface area contributed by atoms with Gasteiger partial charge in [0.1, 0.15) is 19.3 Å². The van der Waals surface area contributed by atoms with Gasteiger partial charge in [0.25, 0.3) is 0 Å². The molecule has 0 aliphatic carbocycles. The Labute approximate surface area is 283 Å². The number of esters is 4. The molecule has 20 heteroatoms. The zero-order chi connectivity index (χ0) is 39.1. The highest BCUT2D eigenvalue weighted by atomic mass is 16.7. The van der Waals surface area contributed by atoms with Crippen LogP contribution in [0.4, 0.5) is 4.79 Å². The normalized spacial score (nSPS) is 12.2. The molecule has 0 bridgehead atoms. The molecule has 0 rings (SSSR count). The molecule has 4 unspecified atom stereocenters. The fraction of sp³-hybridized carbons (Fsp3) is 0.724. The number of Topliss-reactive ketones (excluding diaryl/α,β-unsaturated/α-hetero) is 1. The van der Waals surface area contributed by atoms with Crippen LogP contribution >= 0.6 is 0 Å². The van der Waals surface area contributed by atoms with E-state index in [-0.39, 0.29) is 37.5 Å². The van der Waals surface area contributed by atoms with Crippen LogP contribution in [0.2, 0.25) is 0 Å². The minimum Gasteiger partial charge on any atom is -0.479 e. The van der Waals surface area contributed by atoms with Crippen LogP contribution in [0.15, 0.2) is 0 Å². The summed E-state index contributed by atoms with van der Waals surface area (Å²) in [5.74, 6) is -5.76. The van der Waals surface area contributed by atoms with Crippen LogP contribution in [0.5, 0.6) is 0 Å². The van der Waals surface area contributed by atoms with E-state index in [9.17, 15) is 38.4 Å². The number of carboxylic acid groups (broad SMARTS) is 2. The Kier molecular flexibility index (Phi) is 33.8. The standard InChI is InChI=1S/C9H14O7.C9H16O5.C6H12O3.C5H8O5/c1-4(10)8(13)16-6(3)9(14)15-5(2)7(11)12;1-7(2)8(10)13-5-4-6-14-9(11)12-3;1-6(7)5-9-4-3-8-2;1-3(5(8)9)10-4(7)2-6/h4-6,10H,1-3H3,(H,11,12);7H,4-6H2,1-3H3;3-5H2,1-2H3;3,6H,2H2,1H3,(H,8,9). The highest BCUT2D eigenvalue weighted by Gasteiger charge is 2.25. The molecule has 4 N–H and O–H groups in total. The Morgan fingerprint density at radius 1 is 0.633 bits per heavy atom. The molecule has 0 aliphatic rings. The van der Waals surface area contributed by atoms with Gasteiger partial charge in [0.2, 0.25) is 0 Å². The molecule has 20 nitrogen and oxygen atoms in total. The van der Waals surface area contributed by atoms with E-state index in [4.69, 9.17) is 29.9 Å². The van der Waals surface area contributed by atoms with Gasteiger partial charge in [-0.15, -0.1) is 0 Å². The SMILES string of the molecule is CC(O)C(=O)OC(C)C(=O)OC(C)C(=O)O.CC(OC(=O)CO)C(=O)O.COC(=O)OCCCOC(=O)C(C)C.COCCOCC(C)=O. The molecule has 0 saturated heterocycles. The summed E-state index contributed by atoms with van der Waals surface area (Å²) in [6.45, 7) is 10.7. The Hall–Kier alpha value is -4.40. The second-order valence-corrected chi connectivity index (χ2v) is 9.53. The molecule has 4 atom stereocenters. The highest BCUT2D eigenvalue weighted by Crippen LogP contribution is 2.01. The molecule has 0 aromatic heterocycles. The summed E-state index contributed by atoms with van der Waals surface area (Å²) in [6, 6.07) is 0. The van der Waals surface area contributed by atoms with E-state index in [0.29, 0.717) is 19.6 Å². The van der Waals surface area contributed by atoms with Gasteiger partial charge in [0, 0.05) is 13.5 Å². The maximum atomic E-state index is 11.2. The van der Waals surface area contributed by atoms with E-state index < -0.39 is 67.0 Å². The third-order valence-corrected chi connectivity index (χ3v) is 4.52. The van der Waals surface area contributed by atoms with Crippen molar-refractivity contribution in [1.29, 1.82) is 0 Å². The van der Waals surface area contributed by atoms with Crippen LogP contribution in [0, 0.1) is 5.92 Å². The maximum Gasteiger partial charge on any atom is 0.507 e. The molecule has 49 heavy (non-hydrogen) atoms. The van der Waals surface area contributed by atoms with Crippen molar-refractivity contribution in [3.63, 3.8) is 0 Å². The summed E-state index contributed by atoms with van der Waals surface area (Å²) < 4.78 is 36.4. The molecule has 0 radical (unpaired) electrons. The average Bonchev–Trinajstić information content (AvgIpc) is 3.02. The Balaban J connectivity index is -0.000000283. The number of carbonyl (C=O) groups excluding carboxylic acids is 6. The van der Waals surface area contributed by atoms with E-state index in [1.807, 2.05) is 0 Å². The third-order valence-electron chi connectivity index (χ3n) is 4.52. The van der Waals surface area contributed by atoms with Crippen molar-refractivity contribution < 1.29 is 96.7 Å². The molecule has 0 aromatic rings. The Morgan fingerprint density at radius 3 is 1.53 bits per heavy atom. The minimum absolute atomic E-state index is 0.0473. The largest absolute Gasteiger partial charge is 0.507 e. The predicted octanol–water partition coefficient (Wildman–Crippen LogP) is -0.0927. The maximum absolute atomic E-state index is 11.2. The van der Waals surface area contributed by atoms with Crippen LogP contribution in [-0.2, 0) is 71.5 Å². The van der Waals surface area contributed by atoms with Gasteiger partial charge in [-0.3, -0.25) is 9.59 Å². The molecule has 0 amide bonds. The first-order valence-electron chi connectivity index (χ1n) is 14.5. The van der Waals surface area contributed by atoms with Crippen molar-refractivity contribution in [2.75, 3.05) is 53.9 Å². The molecule has 0 spiro atoms. The molecule has 0 aliphatic heterocycles. The van der Waals surface area contributed by atoms with Crippen molar-refractivity contribution in [2.45, 2.75) is 79.3 Å². The lowest BCUT2D eigenvalue weighted by atomic mass is 10.2. The molecular weight excluding hydrogens is 668 g/mol. The van der Waals surface area contributed by atoms with Gasteiger partial charge in [0.15, 0.2) is 24.1 Å². The number of hydrogen-bond donors (Lipinski definition) is 4. The molecule has 0 aromatic carbocycles. The highest BCUT2D eigenvalue weighted by molar-refractivity contribution is 5.83. The lowest BCUT2D eigenvalue weighted by Crippen LogP contribution is -2.34. The number of aliphatic hydroxyl groups is 2. The average molecular weight is 719 g/mol.